The smallest absolute Gasteiger partial charge is 0.459 e. The molecule has 14 nitrogen and oxygen atoms in total. The van der Waals surface area contributed by atoms with Gasteiger partial charge in [-0.3, -0.25) is 14.1 Å². The summed E-state index contributed by atoms with van der Waals surface area (Å²) in [4.78, 5) is 27.9. The van der Waals surface area contributed by atoms with Gasteiger partial charge in [-0.1, -0.05) is 21.0 Å². The van der Waals surface area contributed by atoms with Crippen LogP contribution in [0.25, 0.3) is 10.4 Å². The standard InChI is InChI=1S/C20H26BrN6O8P/c1-11-9-27(20(30)23-18(11)28)17-8-15(24-26-22)16(34-17)10-33-36(31,25-12(2)19(29)32-3)35-14-6-4-13(21)5-7-14/h4-7,9,12,15-17,20,30H,8,10H2,1-3H3,(H,23,28)(H,25,31)/t12?,15?,16-,17?,20+,36?/m1/s1. The number of hydrogen-bond acceptors (Lipinski definition) is 10. The number of aliphatic hydroxyl groups excluding tert-OH is 1. The van der Waals surface area contributed by atoms with Crippen LogP contribution in [0.4, 0.5) is 0 Å². The Morgan fingerprint density at radius 3 is 2.81 bits per heavy atom. The van der Waals surface area contributed by atoms with Gasteiger partial charge in [0, 0.05) is 27.6 Å². The van der Waals surface area contributed by atoms with Crippen LogP contribution < -0.4 is 14.9 Å². The molecule has 6 atom stereocenters. The van der Waals surface area contributed by atoms with Crippen molar-refractivity contribution < 1.29 is 37.8 Å². The molecule has 1 aromatic rings. The molecule has 3 rings (SSSR count). The first-order valence-corrected chi connectivity index (χ1v) is 13.1. The van der Waals surface area contributed by atoms with E-state index in [4.69, 9.17) is 19.3 Å². The van der Waals surface area contributed by atoms with Crippen molar-refractivity contribution in [2.45, 2.75) is 51.0 Å². The Hall–Kier alpha value is -2.64. The quantitative estimate of drug-likeness (QED) is 0.120. The van der Waals surface area contributed by atoms with Crippen LogP contribution in [-0.4, -0.2) is 66.4 Å². The molecular formula is C20H26BrN6O8P. The van der Waals surface area contributed by atoms with Gasteiger partial charge in [-0.2, -0.15) is 5.09 Å². The lowest BCUT2D eigenvalue weighted by Crippen LogP contribution is -2.53. The number of rotatable bonds is 10. The molecule has 36 heavy (non-hydrogen) atoms. The number of nitrogens with zero attached hydrogens (tertiary/aromatic N) is 4. The van der Waals surface area contributed by atoms with Gasteiger partial charge in [0.15, 0.2) is 0 Å². The Morgan fingerprint density at radius 1 is 1.47 bits per heavy atom. The van der Waals surface area contributed by atoms with Gasteiger partial charge in [0.2, 0.25) is 6.35 Å². The monoisotopic (exact) mass is 588 g/mol. The number of azide groups is 1. The first-order valence-electron chi connectivity index (χ1n) is 10.7. The normalized spacial score (nSPS) is 26.2. The molecule has 0 radical (unpaired) electrons. The van der Waals surface area contributed by atoms with Gasteiger partial charge in [0.25, 0.3) is 5.91 Å². The van der Waals surface area contributed by atoms with Crippen LogP contribution in [0.2, 0.25) is 0 Å². The summed E-state index contributed by atoms with van der Waals surface area (Å²) in [5.41, 5.74) is 9.35. The van der Waals surface area contributed by atoms with Crippen LogP contribution in [0, 0.1) is 0 Å². The zero-order chi connectivity index (χ0) is 26.5. The minimum Gasteiger partial charge on any atom is -0.468 e. The molecule has 196 valence electrons. The van der Waals surface area contributed by atoms with Crippen LogP contribution in [0.5, 0.6) is 5.75 Å². The van der Waals surface area contributed by atoms with Crippen molar-refractivity contribution in [2.24, 2.45) is 5.11 Å². The van der Waals surface area contributed by atoms with Crippen LogP contribution in [0.1, 0.15) is 20.3 Å². The summed E-state index contributed by atoms with van der Waals surface area (Å²) < 4.78 is 36.2. The predicted octanol–water partition coefficient (Wildman–Crippen LogP) is 2.51. The predicted molar refractivity (Wildman–Crippen MR) is 129 cm³/mol. The number of amides is 1. The molecular weight excluding hydrogens is 563 g/mol. The van der Waals surface area contributed by atoms with Crippen molar-refractivity contribution in [3.8, 4) is 5.75 Å². The van der Waals surface area contributed by atoms with Crippen LogP contribution in [0.15, 0.2) is 45.6 Å². The minimum absolute atomic E-state index is 0.151. The Labute approximate surface area is 215 Å². The fraction of sp³-hybridized carbons (Fsp3) is 0.500. The molecule has 0 aliphatic carbocycles. The minimum atomic E-state index is -4.17. The van der Waals surface area contributed by atoms with Crippen molar-refractivity contribution >= 4 is 35.6 Å². The lowest BCUT2D eigenvalue weighted by Gasteiger charge is -2.35. The largest absolute Gasteiger partial charge is 0.468 e. The fourth-order valence-corrected chi connectivity index (χ4v) is 5.26. The average Bonchev–Trinajstić information content (AvgIpc) is 3.23. The van der Waals surface area contributed by atoms with E-state index in [0.29, 0.717) is 5.57 Å². The molecule has 2 heterocycles. The van der Waals surface area contributed by atoms with Crippen molar-refractivity contribution in [3.05, 3.63) is 51.0 Å². The third-order valence-electron chi connectivity index (χ3n) is 5.33. The number of halogens is 1. The Bertz CT molecular complexity index is 1100. The summed E-state index contributed by atoms with van der Waals surface area (Å²) in [7, 11) is -2.99. The second-order valence-corrected chi connectivity index (χ2v) is 10.6. The van der Waals surface area contributed by atoms with E-state index < -0.39 is 50.4 Å². The molecule has 1 aromatic carbocycles. The number of ether oxygens (including phenoxy) is 2. The molecule has 16 heteroatoms. The molecule has 0 bridgehead atoms. The highest BCUT2D eigenvalue weighted by molar-refractivity contribution is 9.10. The number of carbonyl (C=O) groups excluding carboxylic acids is 2. The molecule has 0 aromatic heterocycles. The summed E-state index contributed by atoms with van der Waals surface area (Å²) in [5.74, 6) is -0.915. The maximum absolute atomic E-state index is 13.6. The number of nitrogens with one attached hydrogen (secondary N) is 2. The number of methoxy groups -OCH3 is 1. The van der Waals surface area contributed by atoms with E-state index in [-0.39, 0.29) is 18.8 Å². The molecule has 1 amide bonds. The van der Waals surface area contributed by atoms with E-state index >= 15 is 0 Å². The number of hydrogen-bond donors (Lipinski definition) is 3. The number of carbonyl (C=O) groups is 2. The van der Waals surface area contributed by atoms with Crippen molar-refractivity contribution in [1.82, 2.24) is 15.3 Å². The number of esters is 1. The van der Waals surface area contributed by atoms with E-state index in [2.05, 4.69) is 41.1 Å². The highest BCUT2D eigenvalue weighted by atomic mass is 79.9. The summed E-state index contributed by atoms with van der Waals surface area (Å²) in [6.45, 7) is 2.64. The summed E-state index contributed by atoms with van der Waals surface area (Å²) in [6, 6.07) is 4.65. The highest BCUT2D eigenvalue weighted by Gasteiger charge is 2.42. The fourth-order valence-electron chi connectivity index (χ4n) is 3.50. The Balaban J connectivity index is 1.77. The van der Waals surface area contributed by atoms with Crippen LogP contribution >= 0.6 is 23.7 Å². The van der Waals surface area contributed by atoms with Gasteiger partial charge in [0.1, 0.15) is 18.0 Å². The molecule has 3 N–H and O–H groups in total. The van der Waals surface area contributed by atoms with E-state index in [9.17, 15) is 19.3 Å². The highest BCUT2D eigenvalue weighted by Crippen LogP contribution is 2.46. The van der Waals surface area contributed by atoms with Gasteiger partial charge < -0.3 is 29.3 Å². The second kappa shape index (κ2) is 12.1. The second-order valence-electron chi connectivity index (χ2n) is 7.96. The zero-order valence-electron chi connectivity index (χ0n) is 19.6. The van der Waals surface area contributed by atoms with Gasteiger partial charge in [-0.15, -0.1) is 0 Å². The Morgan fingerprint density at radius 2 is 2.17 bits per heavy atom. The maximum Gasteiger partial charge on any atom is 0.459 e. The lowest BCUT2D eigenvalue weighted by atomic mass is 10.1. The van der Waals surface area contributed by atoms with Gasteiger partial charge in [-0.05, 0) is 43.6 Å². The summed E-state index contributed by atoms with van der Waals surface area (Å²) in [6.07, 6.45) is -1.44. The third kappa shape index (κ3) is 6.98. The van der Waals surface area contributed by atoms with Crippen molar-refractivity contribution in [2.75, 3.05) is 13.7 Å². The van der Waals surface area contributed by atoms with Crippen molar-refractivity contribution in [3.63, 3.8) is 0 Å². The van der Waals surface area contributed by atoms with Crippen molar-refractivity contribution in [1.29, 1.82) is 0 Å². The third-order valence-corrected chi connectivity index (χ3v) is 7.51. The number of benzene rings is 1. The van der Waals surface area contributed by atoms with Crippen LogP contribution in [0.3, 0.4) is 0 Å². The first kappa shape index (κ1) is 27.9. The SMILES string of the molecule is COC(=O)C(C)NP(=O)(OC[C@H]1OC(N2C=C(C)C(=O)N[C@@H]2O)CC1N=[N+]=[N-])Oc1ccc(Br)cc1. The number of aliphatic hydroxyl groups is 1. The molecule has 1 saturated heterocycles. The molecule has 2 aliphatic rings. The summed E-state index contributed by atoms with van der Waals surface area (Å²) in [5, 5.41) is 18.9. The van der Waals surface area contributed by atoms with E-state index in [1.807, 2.05) is 0 Å². The topological polar surface area (TPSA) is 184 Å². The Kier molecular flexibility index (Phi) is 9.36. The van der Waals surface area contributed by atoms with Gasteiger partial charge in [-0.25, -0.2) is 4.57 Å². The summed E-state index contributed by atoms with van der Waals surface area (Å²) >= 11 is 3.30. The lowest BCUT2D eigenvalue weighted by molar-refractivity contribution is -0.142. The van der Waals surface area contributed by atoms with E-state index in [0.717, 1.165) is 4.47 Å². The molecule has 4 unspecified atom stereocenters. The molecule has 0 saturated carbocycles. The first-order chi connectivity index (χ1) is 17.0. The van der Waals surface area contributed by atoms with E-state index in [1.54, 1.807) is 31.2 Å². The average molecular weight is 589 g/mol. The van der Waals surface area contributed by atoms with Gasteiger partial charge >= 0.3 is 13.7 Å². The zero-order valence-corrected chi connectivity index (χ0v) is 22.1. The van der Waals surface area contributed by atoms with E-state index in [1.165, 1.54) is 25.1 Å². The molecule has 1 fully saturated rings. The van der Waals surface area contributed by atoms with Crippen LogP contribution in [-0.2, 0) is 28.2 Å². The molecule has 2 aliphatic heterocycles. The molecule has 0 spiro atoms. The maximum atomic E-state index is 13.6. The van der Waals surface area contributed by atoms with Gasteiger partial charge in [0.05, 0.1) is 25.9 Å².